The molecule has 0 radical (unpaired) electrons. The molecule has 4 heterocycles. The highest BCUT2D eigenvalue weighted by molar-refractivity contribution is 5.98. The number of nitrogens with zero attached hydrogens (tertiary/aromatic N) is 5. The topological polar surface area (TPSA) is 95.1 Å². The van der Waals surface area contributed by atoms with E-state index in [4.69, 9.17) is 0 Å². The van der Waals surface area contributed by atoms with Gasteiger partial charge in [-0.25, -0.2) is 0 Å². The van der Waals surface area contributed by atoms with E-state index >= 15 is 0 Å². The standard InChI is InChI=1S/C27H22N6O2/c34-26(11-7-18-6-9-23(28-13-18)19-4-2-1-3-5-19)32-14-21-16-33(17-22(21)15-32)27(35)20-8-10-24-25(12-20)30-31-29-24/h1-13,16,22H,14-15,17H2,(H,29,30,31)/t22-/m1/s1. The highest BCUT2D eigenvalue weighted by Crippen LogP contribution is 2.31. The monoisotopic (exact) mass is 462 g/mol. The molecule has 1 saturated heterocycles. The molecule has 1 fully saturated rings. The second-order valence-electron chi connectivity index (χ2n) is 8.78. The Morgan fingerprint density at radius 2 is 1.83 bits per heavy atom. The van der Waals surface area contributed by atoms with E-state index in [1.165, 1.54) is 0 Å². The predicted octanol–water partition coefficient (Wildman–Crippen LogP) is 3.53. The second kappa shape index (κ2) is 8.64. The van der Waals surface area contributed by atoms with Crippen LogP contribution < -0.4 is 0 Å². The van der Waals surface area contributed by atoms with Crippen molar-refractivity contribution in [3.63, 3.8) is 0 Å². The first-order valence-electron chi connectivity index (χ1n) is 11.4. The van der Waals surface area contributed by atoms with E-state index in [0.717, 1.165) is 27.9 Å². The fourth-order valence-corrected chi connectivity index (χ4v) is 4.61. The summed E-state index contributed by atoms with van der Waals surface area (Å²) >= 11 is 0. The van der Waals surface area contributed by atoms with Gasteiger partial charge in [-0.05, 0) is 41.5 Å². The molecule has 35 heavy (non-hydrogen) atoms. The lowest BCUT2D eigenvalue weighted by Gasteiger charge is -2.19. The Morgan fingerprint density at radius 3 is 2.63 bits per heavy atom. The van der Waals surface area contributed by atoms with Crippen LogP contribution in [0.2, 0.25) is 0 Å². The van der Waals surface area contributed by atoms with Crippen molar-refractivity contribution in [3.8, 4) is 11.3 Å². The van der Waals surface area contributed by atoms with Gasteiger partial charge in [-0.1, -0.05) is 36.4 Å². The summed E-state index contributed by atoms with van der Waals surface area (Å²) in [7, 11) is 0. The molecular weight excluding hydrogens is 440 g/mol. The highest BCUT2D eigenvalue weighted by atomic mass is 16.2. The molecule has 2 aliphatic heterocycles. The molecule has 2 amide bonds. The summed E-state index contributed by atoms with van der Waals surface area (Å²) in [4.78, 5) is 33.8. The molecule has 2 aromatic carbocycles. The number of amides is 2. The van der Waals surface area contributed by atoms with E-state index < -0.39 is 0 Å². The van der Waals surface area contributed by atoms with Crippen LogP contribution in [0.1, 0.15) is 15.9 Å². The molecule has 1 N–H and O–H groups in total. The largest absolute Gasteiger partial charge is 0.334 e. The van der Waals surface area contributed by atoms with Gasteiger partial charge in [0.1, 0.15) is 11.0 Å². The van der Waals surface area contributed by atoms with Gasteiger partial charge in [0.2, 0.25) is 5.91 Å². The number of carbonyl (C=O) groups excluding carboxylic acids is 2. The van der Waals surface area contributed by atoms with Crippen LogP contribution in [0.5, 0.6) is 0 Å². The molecule has 172 valence electrons. The van der Waals surface area contributed by atoms with Gasteiger partial charge in [-0.2, -0.15) is 15.4 Å². The van der Waals surface area contributed by atoms with Crippen molar-refractivity contribution in [3.05, 3.63) is 95.8 Å². The molecule has 2 aromatic heterocycles. The van der Waals surface area contributed by atoms with Crippen molar-refractivity contribution in [2.45, 2.75) is 0 Å². The minimum atomic E-state index is -0.0685. The lowest BCUT2D eigenvalue weighted by Crippen LogP contribution is -2.32. The molecule has 0 bridgehead atoms. The number of fused-ring (bicyclic) bond motifs is 2. The number of likely N-dealkylation sites (tertiary alicyclic amines) is 1. The normalized spacial score (nSPS) is 17.3. The fourth-order valence-electron chi connectivity index (χ4n) is 4.61. The van der Waals surface area contributed by atoms with Gasteiger partial charge in [0.15, 0.2) is 0 Å². The minimum absolute atomic E-state index is 0.0400. The number of hydrogen-bond acceptors (Lipinski definition) is 5. The zero-order valence-corrected chi connectivity index (χ0v) is 18.8. The molecule has 0 aliphatic carbocycles. The van der Waals surface area contributed by atoms with Crippen molar-refractivity contribution < 1.29 is 9.59 Å². The van der Waals surface area contributed by atoms with Crippen molar-refractivity contribution in [2.75, 3.05) is 19.6 Å². The summed E-state index contributed by atoms with van der Waals surface area (Å²) in [5, 5.41) is 10.6. The van der Waals surface area contributed by atoms with Gasteiger partial charge < -0.3 is 9.80 Å². The van der Waals surface area contributed by atoms with E-state index in [1.807, 2.05) is 53.6 Å². The first-order valence-corrected chi connectivity index (χ1v) is 11.4. The molecule has 4 aromatic rings. The Hall–Kier alpha value is -4.59. The van der Waals surface area contributed by atoms with Gasteiger partial charge in [-0.15, -0.1) is 0 Å². The van der Waals surface area contributed by atoms with E-state index in [-0.39, 0.29) is 17.7 Å². The van der Waals surface area contributed by atoms with Crippen LogP contribution in [0.25, 0.3) is 28.4 Å². The third-order valence-electron chi connectivity index (χ3n) is 6.49. The smallest absolute Gasteiger partial charge is 0.257 e. The quantitative estimate of drug-likeness (QED) is 0.468. The van der Waals surface area contributed by atoms with E-state index in [1.54, 1.807) is 41.4 Å². The zero-order valence-electron chi connectivity index (χ0n) is 18.8. The average Bonchev–Trinajstić information content (AvgIpc) is 3.62. The molecule has 2 aliphatic rings. The van der Waals surface area contributed by atoms with Crippen LogP contribution >= 0.6 is 0 Å². The number of nitrogens with one attached hydrogen (secondary N) is 1. The molecular formula is C27H22N6O2. The molecule has 0 saturated carbocycles. The van der Waals surface area contributed by atoms with Gasteiger partial charge in [-0.3, -0.25) is 14.6 Å². The maximum Gasteiger partial charge on any atom is 0.257 e. The van der Waals surface area contributed by atoms with E-state index in [9.17, 15) is 9.59 Å². The molecule has 0 unspecified atom stereocenters. The Morgan fingerprint density at radius 1 is 0.971 bits per heavy atom. The Bertz CT molecular complexity index is 1470. The average molecular weight is 463 g/mol. The summed E-state index contributed by atoms with van der Waals surface area (Å²) in [5.41, 5.74) is 5.90. The third kappa shape index (κ3) is 4.10. The highest BCUT2D eigenvalue weighted by Gasteiger charge is 2.36. The molecule has 1 atom stereocenters. The number of rotatable bonds is 4. The maximum absolute atomic E-state index is 13.0. The van der Waals surface area contributed by atoms with Crippen LogP contribution in [0, 0.1) is 5.92 Å². The van der Waals surface area contributed by atoms with Crippen LogP contribution in [0.15, 0.2) is 84.7 Å². The SMILES string of the molecule is O=C(c1ccc2n[nH]nc2c1)N1C=C2CN(C(=O)C=Cc3ccc(-c4ccccc4)nc3)C[C@@H]2C1. The number of hydrogen-bond donors (Lipinski definition) is 1. The number of aromatic amines is 1. The number of carbonyl (C=O) groups is 2. The van der Waals surface area contributed by atoms with E-state index in [2.05, 4.69) is 20.4 Å². The van der Waals surface area contributed by atoms with E-state index in [0.29, 0.717) is 30.7 Å². The minimum Gasteiger partial charge on any atom is -0.334 e. The lowest BCUT2D eigenvalue weighted by atomic mass is 10.1. The zero-order chi connectivity index (χ0) is 23.8. The fraction of sp³-hybridized carbons (Fsp3) is 0.148. The number of benzene rings is 2. The number of aromatic nitrogens is 4. The predicted molar refractivity (Wildman–Crippen MR) is 132 cm³/mol. The third-order valence-corrected chi connectivity index (χ3v) is 6.49. The maximum atomic E-state index is 13.0. The Balaban J connectivity index is 1.08. The molecule has 0 spiro atoms. The van der Waals surface area contributed by atoms with Gasteiger partial charge in [0.05, 0.1) is 5.69 Å². The van der Waals surface area contributed by atoms with Crippen LogP contribution in [-0.4, -0.2) is 61.6 Å². The second-order valence-corrected chi connectivity index (χ2v) is 8.78. The van der Waals surface area contributed by atoms with Crippen LogP contribution in [0.4, 0.5) is 0 Å². The van der Waals surface area contributed by atoms with Crippen molar-refractivity contribution >= 4 is 28.9 Å². The lowest BCUT2D eigenvalue weighted by molar-refractivity contribution is -0.125. The molecule has 6 rings (SSSR count). The summed E-state index contributed by atoms with van der Waals surface area (Å²) in [6, 6.07) is 19.2. The van der Waals surface area contributed by atoms with Gasteiger partial charge in [0.25, 0.3) is 5.91 Å². The van der Waals surface area contributed by atoms with Crippen molar-refractivity contribution in [2.24, 2.45) is 5.92 Å². The first-order chi connectivity index (χ1) is 17.1. The summed E-state index contributed by atoms with van der Waals surface area (Å²) < 4.78 is 0. The number of H-pyrrole nitrogens is 1. The molecule has 8 heteroatoms. The summed E-state index contributed by atoms with van der Waals surface area (Å²) in [6.07, 6.45) is 7.05. The van der Waals surface area contributed by atoms with Gasteiger partial charge >= 0.3 is 0 Å². The van der Waals surface area contributed by atoms with Crippen molar-refractivity contribution in [1.29, 1.82) is 0 Å². The summed E-state index contributed by atoms with van der Waals surface area (Å²) in [5.74, 6) is 0.0572. The first kappa shape index (κ1) is 21.0. The summed E-state index contributed by atoms with van der Waals surface area (Å²) in [6.45, 7) is 1.71. The number of pyridine rings is 1. The van der Waals surface area contributed by atoms with Crippen LogP contribution in [-0.2, 0) is 4.79 Å². The van der Waals surface area contributed by atoms with Crippen LogP contribution in [0.3, 0.4) is 0 Å². The van der Waals surface area contributed by atoms with Crippen molar-refractivity contribution in [1.82, 2.24) is 30.2 Å². The molecule has 8 nitrogen and oxygen atoms in total. The Labute approximate surface area is 201 Å². The van der Waals surface area contributed by atoms with Gasteiger partial charge in [0, 0.05) is 55.2 Å². The Kier molecular flexibility index (Phi) is 5.18.